The Balaban J connectivity index is 2.34. The van der Waals surface area contributed by atoms with Gasteiger partial charge in [0.15, 0.2) is 5.82 Å². The van der Waals surface area contributed by atoms with Crippen LogP contribution >= 0.6 is 11.8 Å². The molecule has 1 aromatic heterocycles. The average Bonchev–Trinajstić information content (AvgIpc) is 2.29. The summed E-state index contributed by atoms with van der Waals surface area (Å²) in [6.45, 7) is 3.09. The van der Waals surface area contributed by atoms with Crippen molar-refractivity contribution in [3.05, 3.63) is 17.8 Å². The maximum Gasteiger partial charge on any atom is 0.162 e. The number of hydrogen-bond donors (Lipinski definition) is 2. The van der Waals surface area contributed by atoms with E-state index in [9.17, 15) is 0 Å². The number of aromatic nitrogens is 2. The van der Waals surface area contributed by atoms with Crippen molar-refractivity contribution in [3.8, 4) is 0 Å². The van der Waals surface area contributed by atoms with E-state index in [4.69, 9.17) is 11.1 Å². The lowest BCUT2D eigenvalue weighted by molar-refractivity contribution is 0.682. The van der Waals surface area contributed by atoms with E-state index < -0.39 is 0 Å². The SMILES string of the molecule is CC1CSCCN1c1nnccc1C(=N)N. The maximum absolute atomic E-state index is 7.54. The van der Waals surface area contributed by atoms with Gasteiger partial charge in [-0.25, -0.2) is 0 Å². The summed E-state index contributed by atoms with van der Waals surface area (Å²) >= 11 is 1.94. The summed E-state index contributed by atoms with van der Waals surface area (Å²) in [6.07, 6.45) is 1.57. The second-order valence-electron chi connectivity index (χ2n) is 3.80. The summed E-state index contributed by atoms with van der Waals surface area (Å²) in [7, 11) is 0. The largest absolute Gasteiger partial charge is 0.384 e. The molecule has 0 bridgehead atoms. The zero-order valence-electron chi connectivity index (χ0n) is 9.18. The molecule has 5 nitrogen and oxygen atoms in total. The Morgan fingerprint density at radius 2 is 2.50 bits per heavy atom. The van der Waals surface area contributed by atoms with E-state index in [0.717, 1.165) is 23.9 Å². The van der Waals surface area contributed by atoms with Gasteiger partial charge in [0.2, 0.25) is 0 Å². The molecule has 86 valence electrons. The van der Waals surface area contributed by atoms with Crippen molar-refractivity contribution in [2.24, 2.45) is 5.73 Å². The summed E-state index contributed by atoms with van der Waals surface area (Å²) in [5.41, 5.74) is 6.23. The number of amidine groups is 1. The van der Waals surface area contributed by atoms with Gasteiger partial charge in [0, 0.05) is 24.1 Å². The number of nitrogens with one attached hydrogen (secondary N) is 1. The highest BCUT2D eigenvalue weighted by Crippen LogP contribution is 2.24. The highest BCUT2D eigenvalue weighted by Gasteiger charge is 2.23. The Kier molecular flexibility index (Phi) is 3.28. The van der Waals surface area contributed by atoms with E-state index in [2.05, 4.69) is 22.0 Å². The van der Waals surface area contributed by atoms with Crippen LogP contribution in [0.2, 0.25) is 0 Å². The molecular weight excluding hydrogens is 222 g/mol. The molecule has 16 heavy (non-hydrogen) atoms. The third-order valence-corrected chi connectivity index (χ3v) is 3.82. The number of thioether (sulfide) groups is 1. The van der Waals surface area contributed by atoms with E-state index in [1.54, 1.807) is 12.3 Å². The van der Waals surface area contributed by atoms with Gasteiger partial charge in [-0.05, 0) is 13.0 Å². The summed E-state index contributed by atoms with van der Waals surface area (Å²) in [4.78, 5) is 2.18. The van der Waals surface area contributed by atoms with Gasteiger partial charge in [0.25, 0.3) is 0 Å². The van der Waals surface area contributed by atoms with Crippen LogP contribution in [-0.2, 0) is 0 Å². The van der Waals surface area contributed by atoms with Crippen LogP contribution in [0.3, 0.4) is 0 Å². The van der Waals surface area contributed by atoms with Gasteiger partial charge in [-0.15, -0.1) is 5.10 Å². The first kappa shape index (κ1) is 11.2. The number of rotatable bonds is 2. The monoisotopic (exact) mass is 237 g/mol. The van der Waals surface area contributed by atoms with Gasteiger partial charge < -0.3 is 10.6 Å². The molecule has 1 aliphatic rings. The summed E-state index contributed by atoms with van der Waals surface area (Å²) < 4.78 is 0. The first-order chi connectivity index (χ1) is 7.70. The molecule has 0 spiro atoms. The van der Waals surface area contributed by atoms with Crippen LogP contribution in [0.1, 0.15) is 12.5 Å². The topological polar surface area (TPSA) is 78.9 Å². The molecule has 0 aromatic carbocycles. The Labute approximate surface area is 98.9 Å². The lowest BCUT2D eigenvalue weighted by Crippen LogP contribution is -2.42. The minimum Gasteiger partial charge on any atom is -0.384 e. The third-order valence-electron chi connectivity index (χ3n) is 2.63. The fourth-order valence-electron chi connectivity index (χ4n) is 1.79. The molecule has 2 heterocycles. The van der Waals surface area contributed by atoms with E-state index in [1.165, 1.54) is 0 Å². The van der Waals surface area contributed by atoms with E-state index >= 15 is 0 Å². The minimum atomic E-state index is 0.0512. The van der Waals surface area contributed by atoms with Gasteiger partial charge in [-0.3, -0.25) is 5.41 Å². The van der Waals surface area contributed by atoms with Crippen LogP contribution in [-0.4, -0.2) is 40.1 Å². The summed E-state index contributed by atoms with van der Waals surface area (Å²) in [5.74, 6) is 2.95. The molecule has 1 unspecified atom stereocenters. The fourth-order valence-corrected chi connectivity index (χ4v) is 2.80. The standard InChI is InChI=1S/C10H15N5S/c1-7-6-16-5-4-15(7)10-8(9(11)12)2-3-13-14-10/h2-3,7H,4-6H2,1H3,(H3,11,12). The van der Waals surface area contributed by atoms with Crippen molar-refractivity contribution in [3.63, 3.8) is 0 Å². The van der Waals surface area contributed by atoms with Crippen molar-refractivity contribution in [2.45, 2.75) is 13.0 Å². The van der Waals surface area contributed by atoms with Gasteiger partial charge in [0.05, 0.1) is 11.8 Å². The van der Waals surface area contributed by atoms with Crippen molar-refractivity contribution in [1.82, 2.24) is 10.2 Å². The average molecular weight is 237 g/mol. The molecule has 1 atom stereocenters. The first-order valence-corrected chi connectivity index (χ1v) is 6.36. The molecule has 0 amide bonds. The van der Waals surface area contributed by atoms with E-state index in [1.807, 2.05) is 11.8 Å². The van der Waals surface area contributed by atoms with Gasteiger partial charge in [0.1, 0.15) is 5.84 Å². The van der Waals surface area contributed by atoms with Crippen molar-refractivity contribution < 1.29 is 0 Å². The number of hydrogen-bond acceptors (Lipinski definition) is 5. The highest BCUT2D eigenvalue weighted by atomic mass is 32.2. The summed E-state index contributed by atoms with van der Waals surface area (Å²) in [5, 5.41) is 15.5. The predicted octanol–water partition coefficient (Wildman–Crippen LogP) is 0.702. The van der Waals surface area contributed by atoms with Crippen LogP contribution in [0.25, 0.3) is 0 Å². The summed E-state index contributed by atoms with van der Waals surface area (Å²) in [6, 6.07) is 2.16. The smallest absolute Gasteiger partial charge is 0.162 e. The molecule has 6 heteroatoms. The first-order valence-electron chi connectivity index (χ1n) is 5.20. The van der Waals surface area contributed by atoms with Gasteiger partial charge >= 0.3 is 0 Å². The van der Waals surface area contributed by atoms with E-state index in [-0.39, 0.29) is 5.84 Å². The molecule has 3 N–H and O–H groups in total. The van der Waals surface area contributed by atoms with Crippen LogP contribution in [0.5, 0.6) is 0 Å². The van der Waals surface area contributed by atoms with Crippen LogP contribution in [0.15, 0.2) is 12.3 Å². The second kappa shape index (κ2) is 4.69. The van der Waals surface area contributed by atoms with Gasteiger partial charge in [-0.1, -0.05) is 0 Å². The quantitative estimate of drug-likeness (QED) is 0.585. The third kappa shape index (κ3) is 2.11. The minimum absolute atomic E-state index is 0.0512. The molecule has 0 aliphatic carbocycles. The zero-order chi connectivity index (χ0) is 11.5. The molecular formula is C10H15N5S. The Morgan fingerprint density at radius 3 is 3.19 bits per heavy atom. The van der Waals surface area contributed by atoms with Crippen LogP contribution < -0.4 is 10.6 Å². The van der Waals surface area contributed by atoms with E-state index in [0.29, 0.717) is 11.6 Å². The Morgan fingerprint density at radius 1 is 1.69 bits per heavy atom. The normalized spacial score (nSPS) is 20.8. The second-order valence-corrected chi connectivity index (χ2v) is 4.95. The van der Waals surface area contributed by atoms with Gasteiger partial charge in [-0.2, -0.15) is 16.9 Å². The molecule has 0 saturated carbocycles. The zero-order valence-corrected chi connectivity index (χ0v) is 10.00. The highest BCUT2D eigenvalue weighted by molar-refractivity contribution is 7.99. The van der Waals surface area contributed by atoms with Crippen LogP contribution in [0, 0.1) is 5.41 Å². The molecule has 1 aromatic rings. The molecule has 2 rings (SSSR count). The molecule has 0 radical (unpaired) electrons. The number of nitrogen functional groups attached to an aromatic ring is 1. The lowest BCUT2D eigenvalue weighted by atomic mass is 10.2. The molecule has 1 aliphatic heterocycles. The van der Waals surface area contributed by atoms with Crippen molar-refractivity contribution >= 4 is 23.4 Å². The number of nitrogens with two attached hydrogens (primary N) is 1. The van der Waals surface area contributed by atoms with Crippen molar-refractivity contribution in [2.75, 3.05) is 23.0 Å². The molecule has 1 saturated heterocycles. The van der Waals surface area contributed by atoms with Crippen molar-refractivity contribution in [1.29, 1.82) is 5.41 Å². The number of anilines is 1. The Bertz CT molecular complexity index is 395. The predicted molar refractivity (Wildman–Crippen MR) is 67.2 cm³/mol. The lowest BCUT2D eigenvalue weighted by Gasteiger charge is -2.34. The van der Waals surface area contributed by atoms with Crippen LogP contribution in [0.4, 0.5) is 5.82 Å². The fraction of sp³-hybridized carbons (Fsp3) is 0.500. The Hall–Kier alpha value is -1.30. The maximum atomic E-state index is 7.54. The number of nitrogens with zero attached hydrogens (tertiary/aromatic N) is 3. The molecule has 1 fully saturated rings.